The predicted octanol–water partition coefficient (Wildman–Crippen LogP) is 6.13. The fourth-order valence-corrected chi connectivity index (χ4v) is 3.77. The number of halogens is 2. The number of rotatable bonds is 5. The van der Waals surface area contributed by atoms with Crippen molar-refractivity contribution >= 4 is 55.1 Å². The van der Waals surface area contributed by atoms with E-state index in [1.807, 2.05) is 18.2 Å². The summed E-state index contributed by atoms with van der Waals surface area (Å²) in [5.41, 5.74) is 8.63. The van der Waals surface area contributed by atoms with Crippen LogP contribution in [0.1, 0.15) is 11.1 Å². The number of ether oxygens (including phenoxy) is 1. The van der Waals surface area contributed by atoms with Gasteiger partial charge in [0, 0.05) is 17.8 Å². The molecule has 0 saturated carbocycles. The van der Waals surface area contributed by atoms with E-state index in [1.165, 1.54) is 6.08 Å². The second-order valence-electron chi connectivity index (χ2n) is 5.78. The van der Waals surface area contributed by atoms with E-state index in [0.717, 1.165) is 11.3 Å². The van der Waals surface area contributed by atoms with Crippen molar-refractivity contribution in [3.8, 4) is 23.8 Å². The SMILES string of the molecule is N#C/C=C/c1cc(Br)c(Oc2ccc(N)c(Nc3ccc(C#N)cc3)n2)c(Br)c1. The fourth-order valence-electron chi connectivity index (χ4n) is 2.39. The second kappa shape index (κ2) is 9.24. The number of aromatic nitrogens is 1. The third-order valence-corrected chi connectivity index (χ3v) is 4.93. The molecule has 0 spiro atoms. The molecule has 6 nitrogen and oxygen atoms in total. The second-order valence-corrected chi connectivity index (χ2v) is 7.49. The van der Waals surface area contributed by atoms with Gasteiger partial charge in [0.1, 0.15) is 0 Å². The summed E-state index contributed by atoms with van der Waals surface area (Å²) in [4.78, 5) is 4.44. The van der Waals surface area contributed by atoms with Crippen LogP contribution in [0.5, 0.6) is 11.6 Å². The van der Waals surface area contributed by atoms with Crippen LogP contribution in [0.15, 0.2) is 63.6 Å². The Morgan fingerprint density at radius 3 is 2.34 bits per heavy atom. The van der Waals surface area contributed by atoms with Gasteiger partial charge in [-0.2, -0.15) is 15.5 Å². The Bertz CT molecular complexity index is 1140. The first-order chi connectivity index (χ1) is 14.0. The van der Waals surface area contributed by atoms with Crippen molar-refractivity contribution in [3.05, 3.63) is 74.7 Å². The van der Waals surface area contributed by atoms with Crippen LogP contribution in [0.2, 0.25) is 0 Å². The van der Waals surface area contributed by atoms with Gasteiger partial charge < -0.3 is 15.8 Å². The van der Waals surface area contributed by atoms with Crippen LogP contribution < -0.4 is 15.8 Å². The summed E-state index contributed by atoms with van der Waals surface area (Å²) in [5.74, 6) is 1.32. The Hall–Kier alpha value is -3.33. The van der Waals surface area contributed by atoms with Gasteiger partial charge in [0.25, 0.3) is 0 Å². The van der Waals surface area contributed by atoms with Gasteiger partial charge in [-0.25, -0.2) is 0 Å². The fraction of sp³-hybridized carbons (Fsp3) is 0. The highest BCUT2D eigenvalue weighted by molar-refractivity contribution is 9.11. The lowest BCUT2D eigenvalue weighted by Gasteiger charge is -2.13. The normalized spacial score (nSPS) is 10.3. The average Bonchev–Trinajstić information content (AvgIpc) is 2.72. The number of benzene rings is 2. The first-order valence-corrected chi connectivity index (χ1v) is 9.85. The van der Waals surface area contributed by atoms with Crippen molar-refractivity contribution in [3.63, 3.8) is 0 Å². The maximum atomic E-state index is 8.90. The molecule has 3 N–H and O–H groups in total. The number of anilines is 3. The Morgan fingerprint density at radius 1 is 1.03 bits per heavy atom. The van der Waals surface area contributed by atoms with E-state index < -0.39 is 0 Å². The van der Waals surface area contributed by atoms with Crippen molar-refractivity contribution in [2.75, 3.05) is 11.1 Å². The number of pyridine rings is 1. The molecule has 3 aromatic rings. The number of hydrogen-bond donors (Lipinski definition) is 2. The Morgan fingerprint density at radius 2 is 1.72 bits per heavy atom. The minimum atomic E-state index is 0.345. The van der Waals surface area contributed by atoms with Crippen molar-refractivity contribution in [1.29, 1.82) is 10.5 Å². The third-order valence-electron chi connectivity index (χ3n) is 3.76. The number of hydrogen-bond acceptors (Lipinski definition) is 6. The largest absolute Gasteiger partial charge is 0.437 e. The van der Waals surface area contributed by atoms with Crippen molar-refractivity contribution in [2.24, 2.45) is 0 Å². The monoisotopic (exact) mass is 509 g/mol. The van der Waals surface area contributed by atoms with Gasteiger partial charge in [0.2, 0.25) is 5.88 Å². The van der Waals surface area contributed by atoms with Crippen molar-refractivity contribution in [2.45, 2.75) is 0 Å². The molecule has 0 aliphatic heterocycles. The lowest BCUT2D eigenvalue weighted by atomic mass is 10.2. The van der Waals surface area contributed by atoms with E-state index in [0.29, 0.717) is 37.6 Å². The highest BCUT2D eigenvalue weighted by atomic mass is 79.9. The molecule has 0 unspecified atom stereocenters. The predicted molar refractivity (Wildman–Crippen MR) is 120 cm³/mol. The first-order valence-electron chi connectivity index (χ1n) is 8.27. The summed E-state index contributed by atoms with van der Waals surface area (Å²) < 4.78 is 7.33. The van der Waals surface area contributed by atoms with Crippen LogP contribution in [0.3, 0.4) is 0 Å². The molecule has 1 aromatic heterocycles. The zero-order valence-electron chi connectivity index (χ0n) is 14.9. The van der Waals surface area contributed by atoms with Crippen LogP contribution in [-0.4, -0.2) is 4.98 Å². The minimum absolute atomic E-state index is 0.345. The molecule has 8 heteroatoms. The molecule has 3 rings (SSSR count). The van der Waals surface area contributed by atoms with E-state index in [9.17, 15) is 0 Å². The van der Waals surface area contributed by atoms with E-state index >= 15 is 0 Å². The van der Waals surface area contributed by atoms with Crippen LogP contribution in [0.4, 0.5) is 17.2 Å². The van der Waals surface area contributed by atoms with Gasteiger partial charge in [0.15, 0.2) is 11.6 Å². The van der Waals surface area contributed by atoms with Crippen LogP contribution in [0.25, 0.3) is 6.08 Å². The maximum absolute atomic E-state index is 8.90. The van der Waals surface area contributed by atoms with Crippen molar-refractivity contribution < 1.29 is 4.74 Å². The first kappa shape index (κ1) is 20.4. The number of nitrogen functional groups attached to an aromatic ring is 1. The van der Waals surface area contributed by atoms with E-state index in [-0.39, 0.29) is 0 Å². The third kappa shape index (κ3) is 5.14. The molecule has 0 fully saturated rings. The van der Waals surface area contributed by atoms with E-state index in [1.54, 1.807) is 42.5 Å². The molecule has 0 aliphatic rings. The highest BCUT2D eigenvalue weighted by Gasteiger charge is 2.12. The number of allylic oxidation sites excluding steroid dienone is 1. The van der Waals surface area contributed by atoms with Gasteiger partial charge in [-0.3, -0.25) is 0 Å². The molecule has 0 atom stereocenters. The van der Waals surface area contributed by atoms with Crippen LogP contribution in [0, 0.1) is 22.7 Å². The summed E-state index contributed by atoms with van der Waals surface area (Å²) >= 11 is 6.96. The molecule has 0 saturated heterocycles. The minimum Gasteiger partial charge on any atom is -0.437 e. The number of nitrogens with two attached hydrogens (primary N) is 1. The molecule has 2 aromatic carbocycles. The summed E-state index contributed by atoms with van der Waals surface area (Å²) in [6, 6.07) is 18.0. The van der Waals surface area contributed by atoms with E-state index in [2.05, 4.69) is 48.2 Å². The summed E-state index contributed by atoms with van der Waals surface area (Å²) in [6.07, 6.45) is 3.09. The molecular weight excluding hydrogens is 498 g/mol. The summed E-state index contributed by atoms with van der Waals surface area (Å²) in [5, 5.41) is 20.7. The molecular formula is C21H13Br2N5O. The molecule has 1 heterocycles. The molecule has 0 amide bonds. The molecule has 0 aliphatic carbocycles. The Balaban J connectivity index is 1.85. The van der Waals surface area contributed by atoms with Gasteiger partial charge >= 0.3 is 0 Å². The van der Waals surface area contributed by atoms with Gasteiger partial charge in [-0.1, -0.05) is 0 Å². The molecule has 0 bridgehead atoms. The van der Waals surface area contributed by atoms with Crippen molar-refractivity contribution in [1.82, 2.24) is 4.98 Å². The Kier molecular flexibility index (Phi) is 6.50. The lowest BCUT2D eigenvalue weighted by molar-refractivity contribution is 0.458. The molecule has 0 radical (unpaired) electrons. The van der Waals surface area contributed by atoms with Gasteiger partial charge in [-0.15, -0.1) is 0 Å². The summed E-state index contributed by atoms with van der Waals surface area (Å²) in [7, 11) is 0. The zero-order valence-corrected chi connectivity index (χ0v) is 18.0. The topological polar surface area (TPSA) is 108 Å². The van der Waals surface area contributed by atoms with E-state index in [4.69, 9.17) is 21.0 Å². The quantitative estimate of drug-likeness (QED) is 0.399. The number of nitrogens with one attached hydrogen (secondary N) is 1. The van der Waals surface area contributed by atoms with Gasteiger partial charge in [-0.05, 0) is 86.0 Å². The lowest BCUT2D eigenvalue weighted by Crippen LogP contribution is -2.01. The average molecular weight is 511 g/mol. The molecule has 29 heavy (non-hydrogen) atoms. The Labute approximate surface area is 184 Å². The number of nitriles is 2. The van der Waals surface area contributed by atoms with Crippen LogP contribution >= 0.6 is 31.9 Å². The zero-order chi connectivity index (χ0) is 20.8. The maximum Gasteiger partial charge on any atom is 0.221 e. The van der Waals surface area contributed by atoms with Crippen LogP contribution in [-0.2, 0) is 0 Å². The highest BCUT2D eigenvalue weighted by Crippen LogP contribution is 2.38. The van der Waals surface area contributed by atoms with Gasteiger partial charge in [0.05, 0.1) is 32.3 Å². The number of nitrogens with zero attached hydrogens (tertiary/aromatic N) is 3. The molecule has 142 valence electrons. The standard InChI is InChI=1S/C21H13Br2N5O/c22-16-10-14(2-1-9-24)11-17(23)20(16)29-19-8-7-18(26)21(28-19)27-15-5-3-13(12-25)4-6-15/h1-8,10-11H,26H2,(H,27,28)/b2-1+. The summed E-state index contributed by atoms with van der Waals surface area (Å²) in [6.45, 7) is 0. The smallest absolute Gasteiger partial charge is 0.221 e.